The predicted octanol–water partition coefficient (Wildman–Crippen LogP) is 3.92. The van der Waals surface area contributed by atoms with Crippen molar-refractivity contribution in [3.05, 3.63) is 69.0 Å². The zero-order valence-electron chi connectivity index (χ0n) is 10.4. The number of carbonyl (C=O) groups excluding carboxylic acids is 1. The quantitative estimate of drug-likeness (QED) is 0.817. The van der Waals surface area contributed by atoms with Crippen LogP contribution >= 0.6 is 22.6 Å². The average molecular weight is 369 g/mol. The Labute approximate surface area is 125 Å². The van der Waals surface area contributed by atoms with Gasteiger partial charge in [0.05, 0.1) is 11.6 Å². The highest BCUT2D eigenvalue weighted by Crippen LogP contribution is 2.18. The lowest BCUT2D eigenvalue weighted by atomic mass is 10.1. The average Bonchev–Trinajstić information content (AvgIpc) is 2.39. The summed E-state index contributed by atoms with van der Waals surface area (Å²) in [6, 6.07) is 14.0. The molecule has 1 amide bonds. The molecule has 0 spiro atoms. The number of halogens is 2. The fourth-order valence-corrected chi connectivity index (χ4v) is 2.52. The SMILES string of the molecule is CC(NC(=O)c1c(F)cccc1I)c1ccccc1. The van der Waals surface area contributed by atoms with Gasteiger partial charge in [-0.25, -0.2) is 4.39 Å². The highest BCUT2D eigenvalue weighted by atomic mass is 127. The third-order valence-corrected chi connectivity index (χ3v) is 3.74. The van der Waals surface area contributed by atoms with E-state index < -0.39 is 5.82 Å². The second-order valence-electron chi connectivity index (χ2n) is 4.20. The lowest BCUT2D eigenvalue weighted by Crippen LogP contribution is -2.28. The number of amides is 1. The molecule has 1 N–H and O–H groups in total. The molecule has 0 aromatic heterocycles. The third-order valence-electron chi connectivity index (χ3n) is 2.84. The van der Waals surface area contributed by atoms with E-state index in [1.165, 1.54) is 6.07 Å². The van der Waals surface area contributed by atoms with Crippen LogP contribution in [0.3, 0.4) is 0 Å². The number of nitrogens with one attached hydrogen (secondary N) is 1. The number of rotatable bonds is 3. The Balaban J connectivity index is 2.18. The van der Waals surface area contributed by atoms with Crippen molar-refractivity contribution in [3.8, 4) is 0 Å². The Morgan fingerprint density at radius 2 is 1.84 bits per heavy atom. The first-order chi connectivity index (χ1) is 9.09. The summed E-state index contributed by atoms with van der Waals surface area (Å²) in [6.45, 7) is 1.88. The Bertz CT molecular complexity index is 566. The van der Waals surface area contributed by atoms with Crippen molar-refractivity contribution in [1.29, 1.82) is 0 Å². The van der Waals surface area contributed by atoms with Crippen LogP contribution in [-0.2, 0) is 0 Å². The highest BCUT2D eigenvalue weighted by Gasteiger charge is 2.17. The van der Waals surface area contributed by atoms with E-state index in [4.69, 9.17) is 0 Å². The molecule has 0 aliphatic carbocycles. The molecule has 0 saturated carbocycles. The summed E-state index contributed by atoms with van der Waals surface area (Å²) in [5, 5.41) is 2.81. The summed E-state index contributed by atoms with van der Waals surface area (Å²) >= 11 is 1.96. The highest BCUT2D eigenvalue weighted by molar-refractivity contribution is 14.1. The molecule has 0 fully saturated rings. The maximum absolute atomic E-state index is 13.7. The summed E-state index contributed by atoms with van der Waals surface area (Å²) in [5.41, 5.74) is 1.09. The van der Waals surface area contributed by atoms with Crippen molar-refractivity contribution >= 4 is 28.5 Å². The van der Waals surface area contributed by atoms with E-state index in [0.717, 1.165) is 5.56 Å². The minimum Gasteiger partial charge on any atom is -0.345 e. The normalized spacial score (nSPS) is 11.9. The summed E-state index contributed by atoms with van der Waals surface area (Å²) in [6.07, 6.45) is 0. The van der Waals surface area contributed by atoms with E-state index in [1.807, 2.05) is 59.8 Å². The van der Waals surface area contributed by atoms with E-state index in [2.05, 4.69) is 5.32 Å². The third kappa shape index (κ3) is 3.32. The van der Waals surface area contributed by atoms with Gasteiger partial charge in [0.15, 0.2) is 0 Å². The van der Waals surface area contributed by atoms with E-state index in [9.17, 15) is 9.18 Å². The molecule has 1 unspecified atom stereocenters. The van der Waals surface area contributed by atoms with Crippen LogP contribution in [0.1, 0.15) is 28.9 Å². The summed E-state index contributed by atoms with van der Waals surface area (Å²) in [4.78, 5) is 12.1. The second-order valence-corrected chi connectivity index (χ2v) is 5.36. The van der Waals surface area contributed by atoms with Gasteiger partial charge in [0.1, 0.15) is 5.82 Å². The van der Waals surface area contributed by atoms with Crippen LogP contribution in [0.15, 0.2) is 48.5 Å². The van der Waals surface area contributed by atoms with Crippen LogP contribution in [0.5, 0.6) is 0 Å². The first-order valence-electron chi connectivity index (χ1n) is 5.89. The van der Waals surface area contributed by atoms with Crippen LogP contribution in [0.25, 0.3) is 0 Å². The Hall–Kier alpha value is -1.43. The molecule has 0 radical (unpaired) electrons. The van der Waals surface area contributed by atoms with Crippen LogP contribution in [0, 0.1) is 9.39 Å². The molecule has 0 saturated heterocycles. The van der Waals surface area contributed by atoms with Crippen molar-refractivity contribution in [2.24, 2.45) is 0 Å². The number of benzene rings is 2. The maximum atomic E-state index is 13.7. The molecule has 0 aliphatic heterocycles. The lowest BCUT2D eigenvalue weighted by molar-refractivity contribution is 0.0935. The molecule has 2 aromatic rings. The van der Waals surface area contributed by atoms with Gasteiger partial charge in [-0.15, -0.1) is 0 Å². The Morgan fingerprint density at radius 3 is 2.47 bits per heavy atom. The molecule has 2 aromatic carbocycles. The predicted molar refractivity (Wildman–Crippen MR) is 81.4 cm³/mol. The fourth-order valence-electron chi connectivity index (χ4n) is 1.81. The largest absolute Gasteiger partial charge is 0.345 e. The minimum absolute atomic E-state index is 0.103. The molecule has 1 atom stereocenters. The standard InChI is InChI=1S/C15H13FINO/c1-10(11-6-3-2-4-7-11)18-15(19)14-12(16)8-5-9-13(14)17/h2-10H,1H3,(H,18,19). The maximum Gasteiger partial charge on any atom is 0.255 e. The Kier molecular flexibility index (Phi) is 4.52. The molecule has 19 heavy (non-hydrogen) atoms. The molecular weight excluding hydrogens is 356 g/mol. The molecule has 0 heterocycles. The fraction of sp³-hybridized carbons (Fsp3) is 0.133. The van der Waals surface area contributed by atoms with Gasteiger partial charge in [0, 0.05) is 3.57 Å². The smallest absolute Gasteiger partial charge is 0.255 e. The van der Waals surface area contributed by atoms with Crippen LogP contribution in [-0.4, -0.2) is 5.91 Å². The van der Waals surface area contributed by atoms with Gasteiger partial charge in [-0.2, -0.15) is 0 Å². The molecule has 98 valence electrons. The van der Waals surface area contributed by atoms with Crippen LogP contribution in [0.2, 0.25) is 0 Å². The van der Waals surface area contributed by atoms with E-state index in [0.29, 0.717) is 3.57 Å². The zero-order valence-corrected chi connectivity index (χ0v) is 12.5. The van der Waals surface area contributed by atoms with Gasteiger partial charge in [0.25, 0.3) is 5.91 Å². The van der Waals surface area contributed by atoms with Crippen LogP contribution in [0.4, 0.5) is 4.39 Å². The van der Waals surface area contributed by atoms with Gasteiger partial charge >= 0.3 is 0 Å². The molecule has 2 rings (SSSR count). The van der Waals surface area contributed by atoms with Gasteiger partial charge < -0.3 is 5.32 Å². The van der Waals surface area contributed by atoms with Gasteiger partial charge in [-0.05, 0) is 47.2 Å². The van der Waals surface area contributed by atoms with Gasteiger partial charge in [-0.1, -0.05) is 36.4 Å². The Morgan fingerprint density at radius 1 is 1.16 bits per heavy atom. The van der Waals surface area contributed by atoms with Gasteiger partial charge in [0.2, 0.25) is 0 Å². The molecule has 2 nitrogen and oxygen atoms in total. The lowest BCUT2D eigenvalue weighted by Gasteiger charge is -2.15. The minimum atomic E-state index is -0.496. The van der Waals surface area contributed by atoms with E-state index >= 15 is 0 Å². The topological polar surface area (TPSA) is 29.1 Å². The van der Waals surface area contributed by atoms with Gasteiger partial charge in [-0.3, -0.25) is 4.79 Å². The zero-order chi connectivity index (χ0) is 13.8. The molecule has 0 aliphatic rings. The first-order valence-corrected chi connectivity index (χ1v) is 6.97. The van der Waals surface area contributed by atoms with Crippen LogP contribution < -0.4 is 5.32 Å². The summed E-state index contributed by atoms with van der Waals surface area (Å²) < 4.78 is 14.3. The van der Waals surface area contributed by atoms with Crippen molar-refractivity contribution in [1.82, 2.24) is 5.32 Å². The molecular formula is C15H13FINO. The first kappa shape index (κ1) is 14.0. The molecule has 4 heteroatoms. The number of hydrogen-bond donors (Lipinski definition) is 1. The second kappa shape index (κ2) is 6.14. The number of carbonyl (C=O) groups is 1. The van der Waals surface area contributed by atoms with Crippen molar-refractivity contribution in [2.45, 2.75) is 13.0 Å². The van der Waals surface area contributed by atoms with E-state index in [1.54, 1.807) is 12.1 Å². The number of hydrogen-bond acceptors (Lipinski definition) is 1. The summed E-state index contributed by atoms with van der Waals surface area (Å²) in [7, 11) is 0. The van der Waals surface area contributed by atoms with Crippen molar-refractivity contribution < 1.29 is 9.18 Å². The summed E-state index contributed by atoms with van der Waals surface area (Å²) in [5.74, 6) is -0.886. The van der Waals surface area contributed by atoms with Crippen molar-refractivity contribution in [3.63, 3.8) is 0 Å². The van der Waals surface area contributed by atoms with E-state index in [-0.39, 0.29) is 17.5 Å². The molecule has 0 bridgehead atoms. The monoisotopic (exact) mass is 369 g/mol. The van der Waals surface area contributed by atoms with Crippen molar-refractivity contribution in [2.75, 3.05) is 0 Å².